The molecular weight excluding hydrogens is 184 g/mol. The Hall–Kier alpha value is -1.06. The maximum atomic E-state index is 10.5. The number of carbonyl (C=O) groups is 2. The van der Waals surface area contributed by atoms with E-state index in [1.54, 1.807) is 0 Å². The van der Waals surface area contributed by atoms with E-state index in [0.29, 0.717) is 0 Å². The second-order valence-electron chi connectivity index (χ2n) is 3.39. The predicted molar refractivity (Wildman–Crippen MR) is 51.9 cm³/mol. The number of hydrogen-bond donors (Lipinski definition) is 1. The van der Waals surface area contributed by atoms with E-state index in [9.17, 15) is 4.79 Å². The van der Waals surface area contributed by atoms with Crippen molar-refractivity contribution in [2.24, 2.45) is 0 Å². The fourth-order valence-corrected chi connectivity index (χ4v) is 1.42. The number of aliphatic carboxylic acids is 1. The number of carboxylic acids is 1. The molecule has 0 aromatic heterocycles. The van der Waals surface area contributed by atoms with Gasteiger partial charge in [0.15, 0.2) is 0 Å². The highest BCUT2D eigenvalue weighted by molar-refractivity contribution is 5.66. The molecule has 0 aliphatic heterocycles. The summed E-state index contributed by atoms with van der Waals surface area (Å²) < 4.78 is 5.05. The van der Waals surface area contributed by atoms with Crippen molar-refractivity contribution in [2.75, 3.05) is 0 Å². The lowest BCUT2D eigenvalue weighted by Crippen LogP contribution is -2.18. The van der Waals surface area contributed by atoms with Crippen molar-refractivity contribution in [1.82, 2.24) is 0 Å². The largest absolute Gasteiger partial charge is 0.481 e. The molecular formula is C10H18O4. The van der Waals surface area contributed by atoms with Gasteiger partial charge >= 0.3 is 5.97 Å². The molecule has 1 aliphatic carbocycles. The summed E-state index contributed by atoms with van der Waals surface area (Å²) in [5.41, 5.74) is 0. The van der Waals surface area contributed by atoms with Gasteiger partial charge in [-0.05, 0) is 25.7 Å². The molecule has 0 spiro atoms. The number of ether oxygens (including phenoxy) is 1. The standard InChI is InChI=1S/C8H14O2.C2H4O2/c1-7(9)10-8-5-3-2-4-6-8;1-2(3)4/h8H,2-6H2,1H3;1H3,(H,3,4). The van der Waals surface area contributed by atoms with Gasteiger partial charge in [0.05, 0.1) is 0 Å². The molecule has 1 fully saturated rings. The number of hydrogen-bond acceptors (Lipinski definition) is 3. The first-order valence-corrected chi connectivity index (χ1v) is 4.89. The Morgan fingerprint density at radius 2 is 1.57 bits per heavy atom. The third-order valence-electron chi connectivity index (χ3n) is 1.88. The van der Waals surface area contributed by atoms with Crippen molar-refractivity contribution in [2.45, 2.75) is 52.1 Å². The maximum absolute atomic E-state index is 10.5. The van der Waals surface area contributed by atoms with Crippen molar-refractivity contribution in [3.63, 3.8) is 0 Å². The minimum Gasteiger partial charge on any atom is -0.481 e. The molecule has 1 aliphatic rings. The third kappa shape index (κ3) is 9.03. The lowest BCUT2D eigenvalue weighted by atomic mass is 9.98. The topological polar surface area (TPSA) is 63.6 Å². The number of carboxylic acid groups (broad SMARTS) is 1. The predicted octanol–water partition coefficient (Wildman–Crippen LogP) is 1.97. The molecule has 0 radical (unpaired) electrons. The quantitative estimate of drug-likeness (QED) is 0.660. The van der Waals surface area contributed by atoms with Crippen LogP contribution in [0.15, 0.2) is 0 Å². The van der Waals surface area contributed by atoms with Crippen LogP contribution in [0.3, 0.4) is 0 Å². The number of carbonyl (C=O) groups excluding carboxylic acids is 1. The fourth-order valence-electron chi connectivity index (χ4n) is 1.42. The van der Waals surface area contributed by atoms with E-state index < -0.39 is 5.97 Å². The smallest absolute Gasteiger partial charge is 0.302 e. The Balaban J connectivity index is 0.000000364. The minimum atomic E-state index is -0.833. The van der Waals surface area contributed by atoms with Gasteiger partial charge in [-0.15, -0.1) is 0 Å². The van der Waals surface area contributed by atoms with E-state index in [4.69, 9.17) is 14.6 Å². The van der Waals surface area contributed by atoms with Crippen molar-refractivity contribution >= 4 is 11.9 Å². The van der Waals surface area contributed by atoms with Crippen LogP contribution in [0, 0.1) is 0 Å². The second-order valence-corrected chi connectivity index (χ2v) is 3.39. The molecule has 0 saturated heterocycles. The average molecular weight is 202 g/mol. The van der Waals surface area contributed by atoms with Crippen LogP contribution >= 0.6 is 0 Å². The highest BCUT2D eigenvalue weighted by atomic mass is 16.5. The Bertz CT molecular complexity index is 179. The van der Waals surface area contributed by atoms with E-state index >= 15 is 0 Å². The van der Waals surface area contributed by atoms with Crippen LogP contribution in [0.4, 0.5) is 0 Å². The Labute approximate surface area is 84.3 Å². The summed E-state index contributed by atoms with van der Waals surface area (Å²) in [4.78, 5) is 19.5. The fraction of sp³-hybridized carbons (Fsp3) is 0.800. The van der Waals surface area contributed by atoms with Crippen LogP contribution in [0.25, 0.3) is 0 Å². The van der Waals surface area contributed by atoms with Gasteiger partial charge in [0.25, 0.3) is 5.97 Å². The van der Waals surface area contributed by atoms with Crippen molar-refractivity contribution in [1.29, 1.82) is 0 Å². The molecule has 1 N–H and O–H groups in total. The third-order valence-corrected chi connectivity index (χ3v) is 1.88. The normalized spacial score (nSPS) is 16.4. The molecule has 0 amide bonds. The van der Waals surface area contributed by atoms with Crippen molar-refractivity contribution in [3.8, 4) is 0 Å². The average Bonchev–Trinajstić information content (AvgIpc) is 2.03. The molecule has 82 valence electrons. The molecule has 0 aromatic carbocycles. The molecule has 0 bridgehead atoms. The summed E-state index contributed by atoms with van der Waals surface area (Å²) in [6, 6.07) is 0. The van der Waals surface area contributed by atoms with E-state index in [1.807, 2.05) is 0 Å². The van der Waals surface area contributed by atoms with E-state index in [-0.39, 0.29) is 12.1 Å². The zero-order valence-electron chi connectivity index (χ0n) is 8.78. The van der Waals surface area contributed by atoms with Crippen LogP contribution in [0.1, 0.15) is 46.0 Å². The Morgan fingerprint density at radius 3 is 1.93 bits per heavy atom. The minimum absolute atomic E-state index is 0.132. The Kier molecular flexibility index (Phi) is 6.80. The van der Waals surface area contributed by atoms with Crippen LogP contribution in [-0.2, 0) is 14.3 Å². The number of esters is 1. The van der Waals surface area contributed by atoms with Gasteiger partial charge in [0.1, 0.15) is 6.10 Å². The number of rotatable bonds is 1. The summed E-state index contributed by atoms with van der Waals surface area (Å²) in [6.07, 6.45) is 6.11. The lowest BCUT2D eigenvalue weighted by molar-refractivity contribution is -0.147. The van der Waals surface area contributed by atoms with Gasteiger partial charge in [-0.2, -0.15) is 0 Å². The molecule has 0 aromatic rings. The Morgan fingerprint density at radius 1 is 1.14 bits per heavy atom. The highest BCUT2D eigenvalue weighted by Crippen LogP contribution is 2.19. The van der Waals surface area contributed by atoms with E-state index in [1.165, 1.54) is 26.2 Å². The summed E-state index contributed by atoms with van der Waals surface area (Å²) in [7, 11) is 0. The van der Waals surface area contributed by atoms with Gasteiger partial charge in [0.2, 0.25) is 0 Å². The van der Waals surface area contributed by atoms with Gasteiger partial charge in [-0.1, -0.05) is 6.42 Å². The molecule has 4 heteroatoms. The second kappa shape index (κ2) is 7.35. The van der Waals surface area contributed by atoms with Gasteiger partial charge < -0.3 is 9.84 Å². The van der Waals surface area contributed by atoms with Crippen molar-refractivity contribution in [3.05, 3.63) is 0 Å². The summed E-state index contributed by atoms with van der Waals surface area (Å²) in [6.45, 7) is 2.56. The molecule has 14 heavy (non-hydrogen) atoms. The van der Waals surface area contributed by atoms with E-state index in [2.05, 4.69) is 0 Å². The molecule has 1 rings (SSSR count). The van der Waals surface area contributed by atoms with Crippen LogP contribution in [0.2, 0.25) is 0 Å². The maximum Gasteiger partial charge on any atom is 0.302 e. The zero-order chi connectivity index (χ0) is 11.0. The first-order chi connectivity index (χ1) is 6.52. The first kappa shape index (κ1) is 12.9. The molecule has 0 atom stereocenters. The molecule has 1 saturated carbocycles. The molecule has 0 heterocycles. The summed E-state index contributed by atoms with van der Waals surface area (Å²) in [5, 5.41) is 7.42. The van der Waals surface area contributed by atoms with Gasteiger partial charge in [0, 0.05) is 13.8 Å². The monoisotopic (exact) mass is 202 g/mol. The summed E-state index contributed by atoms with van der Waals surface area (Å²) >= 11 is 0. The molecule has 4 nitrogen and oxygen atoms in total. The van der Waals surface area contributed by atoms with Crippen molar-refractivity contribution < 1.29 is 19.4 Å². The zero-order valence-corrected chi connectivity index (χ0v) is 8.78. The highest BCUT2D eigenvalue weighted by Gasteiger charge is 2.14. The van der Waals surface area contributed by atoms with Gasteiger partial charge in [-0.3, -0.25) is 9.59 Å². The summed E-state index contributed by atoms with van der Waals surface area (Å²) in [5.74, 6) is -0.966. The van der Waals surface area contributed by atoms with Crippen LogP contribution in [-0.4, -0.2) is 23.1 Å². The van der Waals surface area contributed by atoms with Gasteiger partial charge in [-0.25, -0.2) is 0 Å². The van der Waals surface area contributed by atoms with Crippen LogP contribution in [0.5, 0.6) is 0 Å². The van der Waals surface area contributed by atoms with Crippen LogP contribution < -0.4 is 0 Å². The lowest BCUT2D eigenvalue weighted by Gasteiger charge is -2.20. The molecule has 0 unspecified atom stereocenters. The SMILES string of the molecule is CC(=O)O.CC(=O)OC1CCCCC1. The first-order valence-electron chi connectivity index (χ1n) is 4.89. The van der Waals surface area contributed by atoms with E-state index in [0.717, 1.165) is 19.8 Å².